The lowest BCUT2D eigenvalue weighted by molar-refractivity contribution is 0.193. The van der Waals surface area contributed by atoms with E-state index in [1.54, 1.807) is 6.92 Å². The van der Waals surface area contributed by atoms with Crippen molar-refractivity contribution in [1.82, 2.24) is 15.0 Å². The Morgan fingerprint density at radius 2 is 1.91 bits per heavy atom. The van der Waals surface area contributed by atoms with E-state index >= 15 is 0 Å². The fourth-order valence-electron chi connectivity index (χ4n) is 2.66. The Morgan fingerprint density at radius 1 is 1.23 bits per heavy atom. The van der Waals surface area contributed by atoms with Crippen LogP contribution in [0.25, 0.3) is 0 Å². The van der Waals surface area contributed by atoms with E-state index in [2.05, 4.69) is 15.5 Å². The smallest absolute Gasteiger partial charge is 0.321 e. The first-order chi connectivity index (χ1) is 10.6. The number of amides is 2. The number of aromatic nitrogens is 2. The summed E-state index contributed by atoms with van der Waals surface area (Å²) < 4.78 is 5.03. The van der Waals surface area contributed by atoms with Gasteiger partial charge in [-0.2, -0.15) is 4.98 Å². The minimum Gasteiger partial charge on any atom is -0.340 e. The van der Waals surface area contributed by atoms with Crippen LogP contribution in [-0.2, 0) is 0 Å². The first-order valence-corrected chi connectivity index (χ1v) is 7.54. The summed E-state index contributed by atoms with van der Waals surface area (Å²) in [5.41, 5.74) is 2.00. The lowest BCUT2D eigenvalue weighted by atomic mass is 9.96. The molecule has 1 saturated heterocycles. The van der Waals surface area contributed by atoms with Gasteiger partial charge in [0.05, 0.1) is 0 Å². The molecule has 0 unspecified atom stereocenters. The number of rotatable bonds is 2. The van der Waals surface area contributed by atoms with Gasteiger partial charge in [-0.1, -0.05) is 22.9 Å². The fraction of sp³-hybridized carbons (Fsp3) is 0.438. The highest BCUT2D eigenvalue weighted by atomic mass is 16.5. The number of carbonyl (C=O) groups excluding carboxylic acids is 1. The summed E-state index contributed by atoms with van der Waals surface area (Å²) >= 11 is 0. The van der Waals surface area contributed by atoms with Crippen LogP contribution < -0.4 is 5.32 Å². The first kappa shape index (κ1) is 14.6. The molecule has 6 nitrogen and oxygen atoms in total. The van der Waals surface area contributed by atoms with E-state index in [0.29, 0.717) is 19.0 Å². The summed E-state index contributed by atoms with van der Waals surface area (Å²) in [5.74, 6) is 1.63. The lowest BCUT2D eigenvalue weighted by Gasteiger charge is -2.30. The van der Waals surface area contributed by atoms with Crippen LogP contribution in [-0.4, -0.2) is 34.2 Å². The molecule has 0 spiro atoms. The van der Waals surface area contributed by atoms with Gasteiger partial charge < -0.3 is 14.7 Å². The predicted molar refractivity (Wildman–Crippen MR) is 82.8 cm³/mol. The highest BCUT2D eigenvalue weighted by Gasteiger charge is 2.26. The molecule has 2 amide bonds. The molecule has 2 aromatic rings. The zero-order chi connectivity index (χ0) is 15.5. The summed E-state index contributed by atoms with van der Waals surface area (Å²) in [7, 11) is 0. The molecule has 0 saturated carbocycles. The standard InChI is InChI=1S/C16H20N4O2/c1-11-3-5-14(6-4-11)18-16(21)20-9-7-13(8-10-20)15-17-12(2)22-19-15/h3-6,13H,7-10H2,1-2H3,(H,18,21). The van der Waals surface area contributed by atoms with Gasteiger partial charge >= 0.3 is 6.03 Å². The van der Waals surface area contributed by atoms with Crippen molar-refractivity contribution in [3.8, 4) is 0 Å². The Kier molecular flexibility index (Phi) is 4.09. The monoisotopic (exact) mass is 300 g/mol. The van der Waals surface area contributed by atoms with Crippen molar-refractivity contribution in [1.29, 1.82) is 0 Å². The number of benzene rings is 1. The normalized spacial score (nSPS) is 15.8. The number of hydrogen-bond acceptors (Lipinski definition) is 4. The Labute approximate surface area is 129 Å². The number of urea groups is 1. The Morgan fingerprint density at radius 3 is 2.50 bits per heavy atom. The summed E-state index contributed by atoms with van der Waals surface area (Å²) in [6.45, 7) is 5.22. The number of piperidine rings is 1. The van der Waals surface area contributed by atoms with Gasteiger partial charge in [0, 0.05) is 31.6 Å². The van der Waals surface area contributed by atoms with Crippen LogP contribution in [0.3, 0.4) is 0 Å². The van der Waals surface area contributed by atoms with E-state index in [-0.39, 0.29) is 11.9 Å². The van der Waals surface area contributed by atoms with Crippen molar-refractivity contribution in [3.63, 3.8) is 0 Å². The van der Waals surface area contributed by atoms with E-state index in [1.807, 2.05) is 36.1 Å². The molecule has 2 heterocycles. The molecule has 1 aliphatic heterocycles. The van der Waals surface area contributed by atoms with Crippen LogP contribution >= 0.6 is 0 Å². The quantitative estimate of drug-likeness (QED) is 0.925. The molecule has 3 rings (SSSR count). The fourth-order valence-corrected chi connectivity index (χ4v) is 2.66. The molecule has 0 atom stereocenters. The minimum atomic E-state index is -0.0494. The Bertz CT molecular complexity index is 642. The highest BCUT2D eigenvalue weighted by Crippen LogP contribution is 2.26. The van der Waals surface area contributed by atoms with Gasteiger partial charge in [-0.15, -0.1) is 0 Å². The van der Waals surface area contributed by atoms with Crippen molar-refractivity contribution in [2.45, 2.75) is 32.6 Å². The summed E-state index contributed by atoms with van der Waals surface area (Å²) in [6, 6.07) is 7.76. The molecule has 1 N–H and O–H groups in total. The summed E-state index contributed by atoms with van der Waals surface area (Å²) in [4.78, 5) is 18.4. The maximum Gasteiger partial charge on any atom is 0.321 e. The molecule has 1 aromatic carbocycles. The van der Waals surface area contributed by atoms with Crippen molar-refractivity contribution < 1.29 is 9.32 Å². The third-order valence-corrected chi connectivity index (χ3v) is 3.99. The molecule has 22 heavy (non-hydrogen) atoms. The van der Waals surface area contributed by atoms with Crippen LogP contribution in [0.15, 0.2) is 28.8 Å². The Balaban J connectivity index is 1.54. The van der Waals surface area contributed by atoms with E-state index in [9.17, 15) is 4.79 Å². The number of nitrogens with one attached hydrogen (secondary N) is 1. The molecule has 1 aliphatic rings. The van der Waals surface area contributed by atoms with E-state index in [1.165, 1.54) is 5.56 Å². The topological polar surface area (TPSA) is 71.3 Å². The Hall–Kier alpha value is -2.37. The second kappa shape index (κ2) is 6.17. The zero-order valence-electron chi connectivity index (χ0n) is 12.9. The van der Waals surface area contributed by atoms with Crippen molar-refractivity contribution in [2.75, 3.05) is 18.4 Å². The van der Waals surface area contributed by atoms with Crippen molar-refractivity contribution in [2.24, 2.45) is 0 Å². The SMILES string of the molecule is Cc1ccc(NC(=O)N2CCC(c3noc(C)n3)CC2)cc1. The number of likely N-dealkylation sites (tertiary alicyclic amines) is 1. The van der Waals surface area contributed by atoms with Crippen LogP contribution in [0.5, 0.6) is 0 Å². The van der Waals surface area contributed by atoms with Gasteiger partial charge in [-0.3, -0.25) is 0 Å². The first-order valence-electron chi connectivity index (χ1n) is 7.54. The van der Waals surface area contributed by atoms with Crippen LogP contribution in [0.4, 0.5) is 10.5 Å². The maximum atomic E-state index is 12.3. The molecule has 0 aliphatic carbocycles. The minimum absolute atomic E-state index is 0.0494. The van der Waals surface area contributed by atoms with Crippen molar-refractivity contribution in [3.05, 3.63) is 41.5 Å². The van der Waals surface area contributed by atoms with Gasteiger partial charge in [0.25, 0.3) is 0 Å². The number of carbonyl (C=O) groups is 1. The number of nitrogens with zero attached hydrogens (tertiary/aromatic N) is 3. The molecule has 0 radical (unpaired) electrons. The molecule has 116 valence electrons. The van der Waals surface area contributed by atoms with Crippen LogP contribution in [0.1, 0.15) is 36.0 Å². The van der Waals surface area contributed by atoms with Gasteiger partial charge in [0.1, 0.15) is 0 Å². The van der Waals surface area contributed by atoms with Gasteiger partial charge in [0.2, 0.25) is 5.89 Å². The average molecular weight is 300 g/mol. The second-order valence-corrected chi connectivity index (χ2v) is 5.73. The molecule has 6 heteroatoms. The van der Waals surface area contributed by atoms with Crippen molar-refractivity contribution >= 4 is 11.7 Å². The molecule has 0 bridgehead atoms. The molecular formula is C16H20N4O2. The summed E-state index contributed by atoms with van der Waals surface area (Å²) in [5, 5.41) is 6.91. The third kappa shape index (κ3) is 3.27. The molecule has 1 fully saturated rings. The van der Waals surface area contributed by atoms with Gasteiger partial charge in [-0.25, -0.2) is 4.79 Å². The number of hydrogen-bond donors (Lipinski definition) is 1. The van der Waals surface area contributed by atoms with Gasteiger partial charge in [-0.05, 0) is 31.9 Å². The average Bonchev–Trinajstić information content (AvgIpc) is 2.96. The molecule has 1 aromatic heterocycles. The number of aryl methyl sites for hydroxylation is 2. The maximum absolute atomic E-state index is 12.3. The lowest BCUT2D eigenvalue weighted by Crippen LogP contribution is -2.40. The summed E-state index contributed by atoms with van der Waals surface area (Å²) in [6.07, 6.45) is 1.72. The van der Waals surface area contributed by atoms with Gasteiger partial charge in [0.15, 0.2) is 5.82 Å². The van der Waals surface area contributed by atoms with E-state index in [4.69, 9.17) is 4.52 Å². The van der Waals surface area contributed by atoms with Crippen LogP contribution in [0.2, 0.25) is 0 Å². The highest BCUT2D eigenvalue weighted by molar-refractivity contribution is 5.89. The van der Waals surface area contributed by atoms with Crippen LogP contribution in [0, 0.1) is 13.8 Å². The molecular weight excluding hydrogens is 280 g/mol. The third-order valence-electron chi connectivity index (χ3n) is 3.99. The predicted octanol–water partition coefficient (Wildman–Crippen LogP) is 3.10. The van der Waals surface area contributed by atoms with E-state index < -0.39 is 0 Å². The number of anilines is 1. The largest absolute Gasteiger partial charge is 0.340 e. The second-order valence-electron chi connectivity index (χ2n) is 5.73. The zero-order valence-corrected chi connectivity index (χ0v) is 12.9. The van der Waals surface area contributed by atoms with E-state index in [0.717, 1.165) is 24.4 Å².